The molecule has 2 aliphatic heterocycles. The van der Waals surface area contributed by atoms with Gasteiger partial charge in [-0.25, -0.2) is 0 Å². The predicted molar refractivity (Wildman–Crippen MR) is 78.1 cm³/mol. The topological polar surface area (TPSA) is 58.4 Å². The minimum Gasteiger partial charge on any atom is -0.344 e. The lowest BCUT2D eigenvalue weighted by molar-refractivity contribution is -0.144. The second-order valence-electron chi connectivity index (χ2n) is 5.92. The number of halogens is 1. The van der Waals surface area contributed by atoms with Crippen molar-refractivity contribution in [3.63, 3.8) is 0 Å². The molecule has 3 rings (SSSR count). The summed E-state index contributed by atoms with van der Waals surface area (Å²) in [6.07, 6.45) is 4.82. The molecule has 0 bridgehead atoms. The maximum Gasteiger partial charge on any atom is 0.276 e. The third kappa shape index (κ3) is 2.12. The van der Waals surface area contributed by atoms with Gasteiger partial charge < -0.3 is 9.80 Å². The average Bonchev–Trinajstić information content (AvgIpc) is 3.00. The molecule has 2 saturated heterocycles. The highest BCUT2D eigenvalue weighted by Gasteiger charge is 2.52. The van der Waals surface area contributed by atoms with Crippen LogP contribution in [0, 0.1) is 0 Å². The van der Waals surface area contributed by atoms with Gasteiger partial charge in [-0.2, -0.15) is 5.10 Å². The summed E-state index contributed by atoms with van der Waals surface area (Å²) in [4.78, 5) is 28.9. The van der Waals surface area contributed by atoms with Gasteiger partial charge in [0, 0.05) is 33.4 Å². The standard InChI is InChI=1S/C14H19ClN4O2/c1-17-7-3-5-14(13(17)21)6-4-8-19(14)12(20)11-10(15)9-18(2)16-11/h9H,3-8H2,1-2H3. The Balaban J connectivity index is 1.95. The third-order valence-electron chi connectivity index (χ3n) is 4.55. The van der Waals surface area contributed by atoms with Crippen molar-refractivity contribution in [2.24, 2.45) is 7.05 Å². The number of likely N-dealkylation sites (tertiary alicyclic amines) is 2. The molecule has 1 spiro atoms. The molecule has 1 aromatic rings. The molecule has 1 aromatic heterocycles. The van der Waals surface area contributed by atoms with E-state index in [4.69, 9.17) is 11.6 Å². The van der Waals surface area contributed by atoms with Gasteiger partial charge in [0.15, 0.2) is 5.69 Å². The van der Waals surface area contributed by atoms with E-state index in [-0.39, 0.29) is 17.5 Å². The van der Waals surface area contributed by atoms with Crippen LogP contribution >= 0.6 is 11.6 Å². The zero-order valence-corrected chi connectivity index (χ0v) is 13.1. The Labute approximate surface area is 128 Å². The highest BCUT2D eigenvalue weighted by molar-refractivity contribution is 6.33. The fourth-order valence-electron chi connectivity index (χ4n) is 3.56. The molecule has 7 heteroatoms. The maximum atomic E-state index is 12.8. The van der Waals surface area contributed by atoms with Crippen molar-refractivity contribution in [3.8, 4) is 0 Å². The van der Waals surface area contributed by atoms with Gasteiger partial charge in [0.05, 0.1) is 5.02 Å². The smallest absolute Gasteiger partial charge is 0.276 e. The van der Waals surface area contributed by atoms with Crippen molar-refractivity contribution >= 4 is 23.4 Å². The zero-order chi connectivity index (χ0) is 15.2. The minimum absolute atomic E-state index is 0.0478. The van der Waals surface area contributed by atoms with Crippen molar-refractivity contribution in [2.75, 3.05) is 20.1 Å². The molecule has 3 heterocycles. The average molecular weight is 311 g/mol. The first-order valence-electron chi connectivity index (χ1n) is 7.22. The number of carbonyl (C=O) groups is 2. The summed E-state index contributed by atoms with van der Waals surface area (Å²) in [5, 5.41) is 4.48. The summed E-state index contributed by atoms with van der Waals surface area (Å²) in [5.41, 5.74) is -0.452. The summed E-state index contributed by atoms with van der Waals surface area (Å²) in [7, 11) is 3.53. The van der Waals surface area contributed by atoms with E-state index in [2.05, 4.69) is 5.10 Å². The van der Waals surface area contributed by atoms with Crippen molar-refractivity contribution in [2.45, 2.75) is 31.2 Å². The number of rotatable bonds is 1. The molecule has 1 unspecified atom stereocenters. The van der Waals surface area contributed by atoms with E-state index in [0.29, 0.717) is 11.6 Å². The normalized spacial score (nSPS) is 26.0. The second kappa shape index (κ2) is 5.02. The van der Waals surface area contributed by atoms with E-state index in [1.54, 1.807) is 30.1 Å². The van der Waals surface area contributed by atoms with Gasteiger partial charge in [-0.05, 0) is 25.7 Å². The Morgan fingerprint density at radius 2 is 1.95 bits per heavy atom. The fourth-order valence-corrected chi connectivity index (χ4v) is 3.82. The number of carbonyl (C=O) groups excluding carboxylic acids is 2. The van der Waals surface area contributed by atoms with Gasteiger partial charge >= 0.3 is 0 Å². The summed E-state index contributed by atoms with van der Waals surface area (Å²) in [6.45, 7) is 1.35. The number of nitrogens with zero attached hydrogens (tertiary/aromatic N) is 4. The van der Waals surface area contributed by atoms with Gasteiger partial charge in [0.1, 0.15) is 5.54 Å². The molecule has 0 radical (unpaired) electrons. The predicted octanol–water partition coefficient (Wildman–Crippen LogP) is 1.30. The van der Waals surface area contributed by atoms with Crippen LogP contribution in [0.1, 0.15) is 36.2 Å². The van der Waals surface area contributed by atoms with Crippen molar-refractivity contribution < 1.29 is 9.59 Å². The van der Waals surface area contributed by atoms with Crippen LogP contribution in [0.4, 0.5) is 0 Å². The quantitative estimate of drug-likeness (QED) is 0.785. The van der Waals surface area contributed by atoms with E-state index in [9.17, 15) is 9.59 Å². The lowest BCUT2D eigenvalue weighted by Gasteiger charge is -2.43. The third-order valence-corrected chi connectivity index (χ3v) is 4.83. The number of aryl methyl sites for hydroxylation is 1. The fraction of sp³-hybridized carbons (Fsp3) is 0.643. The lowest BCUT2D eigenvalue weighted by Crippen LogP contribution is -2.60. The summed E-state index contributed by atoms with van der Waals surface area (Å²) in [5.74, 6) is -0.187. The Bertz CT molecular complexity index is 600. The van der Waals surface area contributed by atoms with Crippen LogP contribution in [0.5, 0.6) is 0 Å². The molecule has 0 saturated carbocycles. The summed E-state index contributed by atoms with van der Waals surface area (Å²) >= 11 is 6.08. The van der Waals surface area contributed by atoms with E-state index < -0.39 is 5.54 Å². The molecule has 0 aliphatic carbocycles. The van der Waals surface area contributed by atoms with Crippen molar-refractivity contribution in [1.29, 1.82) is 0 Å². The van der Waals surface area contributed by atoms with Crippen LogP contribution in [0.2, 0.25) is 5.02 Å². The zero-order valence-electron chi connectivity index (χ0n) is 12.3. The molecule has 0 aromatic carbocycles. The van der Waals surface area contributed by atoms with Crippen LogP contribution in [0.3, 0.4) is 0 Å². The molecule has 2 amide bonds. The molecule has 2 fully saturated rings. The SMILES string of the molecule is CN1CCCC2(CCCN2C(=O)c2nn(C)cc2Cl)C1=O. The number of aromatic nitrogens is 2. The Morgan fingerprint density at radius 1 is 1.29 bits per heavy atom. The van der Waals surface area contributed by atoms with Gasteiger partial charge in [0.25, 0.3) is 5.91 Å². The molecular formula is C14H19ClN4O2. The van der Waals surface area contributed by atoms with E-state index >= 15 is 0 Å². The summed E-state index contributed by atoms with van der Waals surface area (Å²) < 4.78 is 1.52. The number of amides is 2. The Kier molecular flexibility index (Phi) is 3.43. The van der Waals surface area contributed by atoms with Gasteiger partial charge in [-0.1, -0.05) is 11.6 Å². The van der Waals surface area contributed by atoms with Crippen molar-refractivity contribution in [3.05, 3.63) is 16.9 Å². The largest absolute Gasteiger partial charge is 0.344 e. The van der Waals surface area contributed by atoms with Crippen molar-refractivity contribution in [1.82, 2.24) is 19.6 Å². The van der Waals surface area contributed by atoms with E-state index in [0.717, 1.165) is 32.2 Å². The van der Waals surface area contributed by atoms with Gasteiger partial charge in [0.2, 0.25) is 5.91 Å². The number of piperidine rings is 1. The van der Waals surface area contributed by atoms with Crippen LogP contribution in [0.15, 0.2) is 6.20 Å². The first kappa shape index (κ1) is 14.4. The number of hydrogen-bond acceptors (Lipinski definition) is 3. The maximum absolute atomic E-state index is 12.8. The second-order valence-corrected chi connectivity index (χ2v) is 6.33. The first-order valence-corrected chi connectivity index (χ1v) is 7.60. The molecule has 6 nitrogen and oxygen atoms in total. The molecule has 21 heavy (non-hydrogen) atoms. The summed E-state index contributed by atoms with van der Waals surface area (Å²) in [6, 6.07) is 0. The lowest BCUT2D eigenvalue weighted by atomic mass is 9.85. The molecule has 114 valence electrons. The van der Waals surface area contributed by atoms with Gasteiger partial charge in [-0.3, -0.25) is 14.3 Å². The monoisotopic (exact) mass is 310 g/mol. The van der Waals surface area contributed by atoms with Crippen LogP contribution < -0.4 is 0 Å². The first-order chi connectivity index (χ1) is 9.95. The van der Waals surface area contributed by atoms with E-state index in [1.165, 1.54) is 4.68 Å². The molecular weight excluding hydrogens is 292 g/mol. The van der Waals surface area contributed by atoms with Gasteiger partial charge in [-0.15, -0.1) is 0 Å². The number of hydrogen-bond donors (Lipinski definition) is 0. The van der Waals surface area contributed by atoms with Crippen LogP contribution in [-0.4, -0.2) is 57.1 Å². The van der Waals surface area contributed by atoms with Crippen LogP contribution in [-0.2, 0) is 11.8 Å². The highest BCUT2D eigenvalue weighted by Crippen LogP contribution is 2.39. The molecule has 1 atom stereocenters. The van der Waals surface area contributed by atoms with Crippen LogP contribution in [0.25, 0.3) is 0 Å². The minimum atomic E-state index is -0.690. The Hall–Kier alpha value is -1.56. The van der Waals surface area contributed by atoms with E-state index in [1.807, 2.05) is 0 Å². The Morgan fingerprint density at radius 3 is 2.57 bits per heavy atom. The number of likely N-dealkylation sites (N-methyl/N-ethyl adjacent to an activating group) is 1. The highest BCUT2D eigenvalue weighted by atomic mass is 35.5. The molecule has 0 N–H and O–H groups in total. The molecule has 2 aliphatic rings.